The van der Waals surface area contributed by atoms with Gasteiger partial charge in [0.1, 0.15) is 5.82 Å². The molecule has 0 atom stereocenters. The molecule has 1 saturated carbocycles. The summed E-state index contributed by atoms with van der Waals surface area (Å²) in [5, 5.41) is 3.46. The van der Waals surface area contributed by atoms with Gasteiger partial charge < -0.3 is 10.2 Å². The van der Waals surface area contributed by atoms with Crippen molar-refractivity contribution in [2.24, 2.45) is 5.92 Å². The van der Waals surface area contributed by atoms with Gasteiger partial charge in [0.2, 0.25) is 11.9 Å². The van der Waals surface area contributed by atoms with Gasteiger partial charge in [0.05, 0.1) is 17.1 Å². The van der Waals surface area contributed by atoms with Crippen molar-refractivity contribution in [3.63, 3.8) is 0 Å². The number of nitrogens with zero attached hydrogens (tertiary/aromatic N) is 5. The minimum atomic E-state index is -0.354. The lowest BCUT2D eigenvalue weighted by molar-refractivity contribution is -0.130. The molecule has 1 amide bonds. The number of carbonyl (C=O) groups is 1. The second-order valence-electron chi connectivity index (χ2n) is 10.3. The molecule has 2 aliphatic rings. The van der Waals surface area contributed by atoms with Crippen LogP contribution in [0.2, 0.25) is 0 Å². The van der Waals surface area contributed by atoms with Crippen molar-refractivity contribution in [1.82, 2.24) is 24.0 Å². The fourth-order valence-electron chi connectivity index (χ4n) is 5.38. The normalized spacial score (nSPS) is 19.8. The zero-order valence-electron chi connectivity index (χ0n) is 21.3. The average molecular weight is 529 g/mol. The van der Waals surface area contributed by atoms with Gasteiger partial charge in [-0.1, -0.05) is 13.8 Å². The van der Waals surface area contributed by atoms with Gasteiger partial charge in [-0.05, 0) is 68.4 Å². The Labute approximate surface area is 222 Å². The van der Waals surface area contributed by atoms with E-state index >= 15 is 0 Å². The Morgan fingerprint density at radius 3 is 2.46 bits per heavy atom. The van der Waals surface area contributed by atoms with Gasteiger partial charge in [-0.15, -0.1) is 12.4 Å². The van der Waals surface area contributed by atoms with Crippen molar-refractivity contribution in [2.75, 3.05) is 11.9 Å². The maximum Gasteiger partial charge on any atom is 0.333 e. The maximum atomic E-state index is 13.6. The first-order chi connectivity index (χ1) is 17.4. The van der Waals surface area contributed by atoms with E-state index in [2.05, 4.69) is 29.0 Å². The van der Waals surface area contributed by atoms with Gasteiger partial charge >= 0.3 is 5.69 Å². The van der Waals surface area contributed by atoms with Gasteiger partial charge in [0, 0.05) is 44.0 Å². The van der Waals surface area contributed by atoms with Crippen LogP contribution in [0.25, 0.3) is 17.1 Å². The number of halogens is 2. The average Bonchev–Trinajstić information content (AvgIpc) is 3.43. The van der Waals surface area contributed by atoms with E-state index in [1.54, 1.807) is 33.5 Å². The molecule has 1 aliphatic heterocycles. The summed E-state index contributed by atoms with van der Waals surface area (Å²) in [7, 11) is 0. The number of amides is 1. The van der Waals surface area contributed by atoms with E-state index in [-0.39, 0.29) is 35.9 Å². The van der Waals surface area contributed by atoms with Crippen LogP contribution in [0.3, 0.4) is 0 Å². The molecule has 8 nitrogen and oxygen atoms in total. The Morgan fingerprint density at radius 1 is 1.08 bits per heavy atom. The van der Waals surface area contributed by atoms with Crippen molar-refractivity contribution in [3.8, 4) is 17.1 Å². The van der Waals surface area contributed by atoms with Gasteiger partial charge in [-0.3, -0.25) is 13.9 Å². The number of aromatic nitrogens is 4. The Hall–Kier alpha value is -3.20. The largest absolute Gasteiger partial charge is 0.351 e. The minimum absolute atomic E-state index is 0. The topological polar surface area (TPSA) is 85.1 Å². The van der Waals surface area contributed by atoms with Crippen LogP contribution in [0.5, 0.6) is 0 Å². The van der Waals surface area contributed by atoms with Crippen LogP contribution < -0.4 is 11.0 Å². The van der Waals surface area contributed by atoms with Gasteiger partial charge in [0.15, 0.2) is 0 Å². The van der Waals surface area contributed by atoms with Crippen LogP contribution in [0.1, 0.15) is 52.4 Å². The van der Waals surface area contributed by atoms with E-state index in [0.717, 1.165) is 38.6 Å². The standard InChI is InChI=1S/C27H33FN6O2.ClH/c1-18(2)16-32-17-24(34(27(32)36)22-9-5-19(28)6-10-22)23-13-14-29-26(31-23)30-20-7-11-21(12-8-20)33-15-3-4-25(33)35;/h5-6,9-10,13-14,17-18,20-21H,3-4,7-8,11-12,15-16H2,1-2H3,(H,29,30,31);1H. The molecule has 3 aromatic rings. The van der Waals surface area contributed by atoms with Crippen LogP contribution in [-0.2, 0) is 11.3 Å². The number of anilines is 1. The number of carbonyl (C=O) groups excluding carboxylic acids is 1. The number of hydrogen-bond acceptors (Lipinski definition) is 5. The van der Waals surface area contributed by atoms with Crippen molar-refractivity contribution in [2.45, 2.75) is 71.0 Å². The summed E-state index contributed by atoms with van der Waals surface area (Å²) < 4.78 is 16.8. The second kappa shape index (κ2) is 11.5. The number of rotatable bonds is 7. The van der Waals surface area contributed by atoms with Crippen molar-refractivity contribution < 1.29 is 9.18 Å². The molecular formula is C27H34ClFN6O2. The Bertz CT molecular complexity index is 1280. The summed E-state index contributed by atoms with van der Waals surface area (Å²) in [5.74, 6) is 0.738. The summed E-state index contributed by atoms with van der Waals surface area (Å²) in [6.07, 6.45) is 9.02. The number of hydrogen-bond donors (Lipinski definition) is 1. The fourth-order valence-corrected chi connectivity index (χ4v) is 5.38. The first-order valence-electron chi connectivity index (χ1n) is 12.9. The molecule has 0 bridgehead atoms. The van der Waals surface area contributed by atoms with E-state index in [0.29, 0.717) is 47.9 Å². The maximum absolute atomic E-state index is 13.6. The number of imidazole rings is 1. The molecule has 3 heterocycles. The first-order valence-corrected chi connectivity index (χ1v) is 12.9. The van der Waals surface area contributed by atoms with E-state index in [1.807, 2.05) is 6.20 Å². The lowest BCUT2D eigenvalue weighted by atomic mass is 9.90. The van der Waals surface area contributed by atoms with Crippen LogP contribution in [0.4, 0.5) is 10.3 Å². The van der Waals surface area contributed by atoms with Crippen LogP contribution in [-0.4, -0.2) is 48.5 Å². The summed E-state index contributed by atoms with van der Waals surface area (Å²) in [4.78, 5) is 36.6. The van der Waals surface area contributed by atoms with E-state index in [9.17, 15) is 14.0 Å². The molecular weight excluding hydrogens is 495 g/mol. The fraction of sp³-hybridized carbons (Fsp3) is 0.481. The van der Waals surface area contributed by atoms with Crippen molar-refractivity contribution in [3.05, 3.63) is 59.0 Å². The lowest BCUT2D eigenvalue weighted by Crippen LogP contribution is -2.41. The molecule has 198 valence electrons. The highest BCUT2D eigenvalue weighted by Gasteiger charge is 2.31. The third-order valence-corrected chi connectivity index (χ3v) is 7.10. The van der Waals surface area contributed by atoms with E-state index < -0.39 is 0 Å². The van der Waals surface area contributed by atoms with E-state index in [1.165, 1.54) is 12.1 Å². The molecule has 0 unspecified atom stereocenters. The zero-order valence-corrected chi connectivity index (χ0v) is 22.1. The first kappa shape index (κ1) is 26.9. The quantitative estimate of drug-likeness (QED) is 0.482. The Kier molecular flexibility index (Phi) is 8.32. The molecule has 1 aromatic carbocycles. The molecule has 5 rings (SSSR count). The van der Waals surface area contributed by atoms with Gasteiger partial charge in [-0.25, -0.2) is 19.2 Å². The lowest BCUT2D eigenvalue weighted by Gasteiger charge is -2.34. The molecule has 2 fully saturated rings. The minimum Gasteiger partial charge on any atom is -0.351 e. The summed E-state index contributed by atoms with van der Waals surface area (Å²) in [6, 6.07) is 8.27. The Balaban J connectivity index is 0.00000320. The molecule has 1 saturated heterocycles. The van der Waals surface area contributed by atoms with Crippen LogP contribution >= 0.6 is 12.4 Å². The predicted octanol–water partition coefficient (Wildman–Crippen LogP) is 4.66. The van der Waals surface area contributed by atoms with Gasteiger partial charge in [-0.2, -0.15) is 0 Å². The third kappa shape index (κ3) is 5.87. The SMILES string of the molecule is CC(C)Cn1cc(-c2ccnc(NC3CCC(N4CCCC4=O)CC3)n2)n(-c2ccc(F)cc2)c1=O.Cl. The number of likely N-dealkylation sites (tertiary alicyclic amines) is 1. The highest BCUT2D eigenvalue weighted by molar-refractivity contribution is 5.85. The van der Waals surface area contributed by atoms with Gasteiger partial charge in [0.25, 0.3) is 0 Å². The van der Waals surface area contributed by atoms with Crippen molar-refractivity contribution in [1.29, 1.82) is 0 Å². The monoisotopic (exact) mass is 528 g/mol. The highest BCUT2D eigenvalue weighted by Crippen LogP contribution is 2.28. The molecule has 2 aromatic heterocycles. The van der Waals surface area contributed by atoms with E-state index in [4.69, 9.17) is 4.98 Å². The van der Waals surface area contributed by atoms with Crippen LogP contribution in [0.15, 0.2) is 47.5 Å². The molecule has 0 radical (unpaired) electrons. The third-order valence-electron chi connectivity index (χ3n) is 7.10. The molecule has 1 N–H and O–H groups in total. The predicted molar refractivity (Wildman–Crippen MR) is 144 cm³/mol. The summed E-state index contributed by atoms with van der Waals surface area (Å²) >= 11 is 0. The molecule has 0 spiro atoms. The molecule has 10 heteroatoms. The zero-order chi connectivity index (χ0) is 25.2. The number of benzene rings is 1. The summed E-state index contributed by atoms with van der Waals surface area (Å²) in [6.45, 7) is 5.57. The van der Waals surface area contributed by atoms with Crippen LogP contribution in [0, 0.1) is 11.7 Å². The molecule has 1 aliphatic carbocycles. The number of nitrogens with one attached hydrogen (secondary N) is 1. The smallest absolute Gasteiger partial charge is 0.333 e. The summed E-state index contributed by atoms with van der Waals surface area (Å²) in [5.41, 5.74) is 1.65. The highest BCUT2D eigenvalue weighted by atomic mass is 35.5. The molecule has 37 heavy (non-hydrogen) atoms. The second-order valence-corrected chi connectivity index (χ2v) is 10.3. The van der Waals surface area contributed by atoms with Crippen molar-refractivity contribution >= 4 is 24.3 Å². The Morgan fingerprint density at radius 2 is 1.81 bits per heavy atom.